The van der Waals surface area contributed by atoms with Crippen molar-refractivity contribution in [3.05, 3.63) is 70.1 Å². The van der Waals surface area contributed by atoms with Gasteiger partial charge in [-0.1, -0.05) is 42.5 Å². The molecule has 1 heterocycles. The van der Waals surface area contributed by atoms with Gasteiger partial charge in [-0.25, -0.2) is 9.59 Å². The zero-order valence-electron chi connectivity index (χ0n) is 13.0. The molecule has 0 fully saturated rings. The highest BCUT2D eigenvalue weighted by Gasteiger charge is 2.23. The average molecular weight is 308 g/mol. The van der Waals surface area contributed by atoms with E-state index in [2.05, 4.69) is 0 Å². The van der Waals surface area contributed by atoms with Gasteiger partial charge in [-0.05, 0) is 31.0 Å². The SMILES string of the molecule is CCOC(=O)c1c(-c2ccccc2C)c2ccccc2oc1=O. The van der Waals surface area contributed by atoms with Crippen LogP contribution in [0.25, 0.3) is 22.1 Å². The number of ether oxygens (including phenoxy) is 1. The molecule has 0 atom stereocenters. The van der Waals surface area contributed by atoms with Gasteiger partial charge in [0.2, 0.25) is 0 Å². The minimum Gasteiger partial charge on any atom is -0.462 e. The molecule has 0 saturated carbocycles. The average Bonchev–Trinajstić information content (AvgIpc) is 2.54. The topological polar surface area (TPSA) is 56.5 Å². The van der Waals surface area contributed by atoms with Crippen molar-refractivity contribution in [1.82, 2.24) is 0 Å². The van der Waals surface area contributed by atoms with Gasteiger partial charge in [-0.2, -0.15) is 0 Å². The monoisotopic (exact) mass is 308 g/mol. The van der Waals surface area contributed by atoms with Crippen molar-refractivity contribution >= 4 is 16.9 Å². The van der Waals surface area contributed by atoms with Crippen LogP contribution in [0.3, 0.4) is 0 Å². The Hall–Kier alpha value is -2.88. The highest BCUT2D eigenvalue weighted by Crippen LogP contribution is 2.32. The molecule has 4 nitrogen and oxygen atoms in total. The Balaban J connectivity index is 2.45. The lowest BCUT2D eigenvalue weighted by molar-refractivity contribution is 0.0523. The number of aryl methyl sites for hydroxylation is 1. The van der Waals surface area contributed by atoms with Crippen LogP contribution < -0.4 is 5.63 Å². The van der Waals surface area contributed by atoms with Crippen LogP contribution in [-0.2, 0) is 4.74 Å². The molecule has 0 spiro atoms. The van der Waals surface area contributed by atoms with Crippen molar-refractivity contribution in [2.75, 3.05) is 6.61 Å². The molecule has 3 rings (SSSR count). The van der Waals surface area contributed by atoms with Crippen LogP contribution >= 0.6 is 0 Å². The summed E-state index contributed by atoms with van der Waals surface area (Å²) in [7, 11) is 0. The summed E-state index contributed by atoms with van der Waals surface area (Å²) in [5.74, 6) is -0.662. The molecule has 0 bridgehead atoms. The minimum atomic E-state index is -0.680. The third kappa shape index (κ3) is 2.63. The van der Waals surface area contributed by atoms with E-state index >= 15 is 0 Å². The summed E-state index contributed by atoms with van der Waals surface area (Å²) in [5, 5.41) is 0.712. The number of benzene rings is 2. The fourth-order valence-electron chi connectivity index (χ4n) is 2.67. The van der Waals surface area contributed by atoms with Gasteiger partial charge in [-0.15, -0.1) is 0 Å². The summed E-state index contributed by atoms with van der Waals surface area (Å²) >= 11 is 0. The largest absolute Gasteiger partial charge is 0.462 e. The van der Waals surface area contributed by atoms with E-state index < -0.39 is 11.6 Å². The second-order valence-corrected chi connectivity index (χ2v) is 5.17. The van der Waals surface area contributed by atoms with Gasteiger partial charge < -0.3 is 9.15 Å². The lowest BCUT2D eigenvalue weighted by Crippen LogP contribution is -2.18. The Morgan fingerprint density at radius 3 is 2.52 bits per heavy atom. The summed E-state index contributed by atoms with van der Waals surface area (Å²) in [4.78, 5) is 24.7. The van der Waals surface area contributed by atoms with E-state index in [1.807, 2.05) is 43.3 Å². The number of para-hydroxylation sites is 1. The van der Waals surface area contributed by atoms with Crippen LogP contribution in [0, 0.1) is 6.92 Å². The smallest absolute Gasteiger partial charge is 0.351 e. The summed E-state index contributed by atoms with van der Waals surface area (Å²) in [6.45, 7) is 3.83. The molecule has 116 valence electrons. The van der Waals surface area contributed by atoms with Crippen molar-refractivity contribution in [2.45, 2.75) is 13.8 Å². The van der Waals surface area contributed by atoms with Crippen LogP contribution in [0.1, 0.15) is 22.8 Å². The number of hydrogen-bond acceptors (Lipinski definition) is 4. The second-order valence-electron chi connectivity index (χ2n) is 5.17. The minimum absolute atomic E-state index is 0.0557. The maximum Gasteiger partial charge on any atom is 0.351 e. The molecule has 0 unspecified atom stereocenters. The van der Waals surface area contributed by atoms with E-state index in [1.165, 1.54) is 0 Å². The summed E-state index contributed by atoms with van der Waals surface area (Å²) < 4.78 is 10.4. The molecule has 1 aromatic heterocycles. The van der Waals surface area contributed by atoms with Crippen LogP contribution in [0.15, 0.2) is 57.7 Å². The van der Waals surface area contributed by atoms with Gasteiger partial charge in [0.05, 0.1) is 6.61 Å². The summed E-state index contributed by atoms with van der Waals surface area (Å²) in [6, 6.07) is 14.8. The van der Waals surface area contributed by atoms with Gasteiger partial charge in [0.15, 0.2) is 5.56 Å². The number of fused-ring (bicyclic) bond motifs is 1. The van der Waals surface area contributed by atoms with Crippen LogP contribution in [0.4, 0.5) is 0 Å². The van der Waals surface area contributed by atoms with E-state index in [0.29, 0.717) is 16.5 Å². The zero-order valence-corrected chi connectivity index (χ0v) is 13.0. The number of rotatable bonds is 3. The standard InChI is InChI=1S/C19H16O4/c1-3-22-18(20)17-16(13-9-5-4-8-12(13)2)14-10-6-7-11-15(14)23-19(17)21/h4-11H,3H2,1-2H3. The number of carbonyl (C=O) groups excluding carboxylic acids is 1. The third-order valence-electron chi connectivity index (χ3n) is 3.71. The van der Waals surface area contributed by atoms with Gasteiger partial charge in [0.25, 0.3) is 0 Å². The number of carbonyl (C=O) groups is 1. The summed E-state index contributed by atoms with van der Waals surface area (Å²) in [6.07, 6.45) is 0. The van der Waals surface area contributed by atoms with Gasteiger partial charge in [0.1, 0.15) is 5.58 Å². The molecule has 4 heteroatoms. The van der Waals surface area contributed by atoms with Crippen molar-refractivity contribution in [3.63, 3.8) is 0 Å². The lowest BCUT2D eigenvalue weighted by Gasteiger charge is -2.13. The Kier molecular flexibility index (Phi) is 3.98. The first kappa shape index (κ1) is 15.0. The maximum absolute atomic E-state index is 12.4. The van der Waals surface area contributed by atoms with E-state index in [0.717, 1.165) is 11.1 Å². The normalized spacial score (nSPS) is 10.7. The predicted molar refractivity (Wildman–Crippen MR) is 88.6 cm³/mol. The second kappa shape index (κ2) is 6.08. The predicted octanol–water partition coefficient (Wildman–Crippen LogP) is 3.95. The fraction of sp³-hybridized carbons (Fsp3) is 0.158. The summed E-state index contributed by atoms with van der Waals surface area (Å²) in [5.41, 5.74) is 2.06. The molecule has 0 aliphatic carbocycles. The van der Waals surface area contributed by atoms with E-state index in [1.54, 1.807) is 19.1 Å². The molecule has 0 N–H and O–H groups in total. The first-order valence-corrected chi connectivity index (χ1v) is 7.42. The molecule has 0 amide bonds. The first-order valence-electron chi connectivity index (χ1n) is 7.42. The van der Waals surface area contributed by atoms with Crippen LogP contribution in [-0.4, -0.2) is 12.6 Å². The van der Waals surface area contributed by atoms with E-state index in [4.69, 9.17) is 9.15 Å². The lowest BCUT2D eigenvalue weighted by atomic mass is 9.94. The number of hydrogen-bond donors (Lipinski definition) is 0. The number of esters is 1. The Labute approximate surface area is 133 Å². The van der Waals surface area contributed by atoms with Crippen molar-refractivity contribution < 1.29 is 13.9 Å². The molecule has 0 radical (unpaired) electrons. The highest BCUT2D eigenvalue weighted by atomic mass is 16.5. The van der Waals surface area contributed by atoms with Crippen LogP contribution in [0.2, 0.25) is 0 Å². The first-order chi connectivity index (χ1) is 11.1. The Morgan fingerprint density at radius 2 is 1.78 bits per heavy atom. The zero-order chi connectivity index (χ0) is 16.4. The molecule has 0 aliphatic heterocycles. The highest BCUT2D eigenvalue weighted by molar-refractivity contribution is 6.06. The van der Waals surface area contributed by atoms with E-state index in [9.17, 15) is 9.59 Å². The third-order valence-corrected chi connectivity index (χ3v) is 3.71. The van der Waals surface area contributed by atoms with E-state index in [-0.39, 0.29) is 12.2 Å². The van der Waals surface area contributed by atoms with Gasteiger partial charge in [-0.3, -0.25) is 0 Å². The maximum atomic E-state index is 12.4. The molecule has 0 saturated heterocycles. The van der Waals surface area contributed by atoms with Crippen molar-refractivity contribution in [1.29, 1.82) is 0 Å². The Bertz CT molecular complexity index is 937. The molecule has 2 aromatic carbocycles. The molecule has 3 aromatic rings. The van der Waals surface area contributed by atoms with Gasteiger partial charge in [0, 0.05) is 10.9 Å². The molecule has 0 aliphatic rings. The molecule has 23 heavy (non-hydrogen) atoms. The van der Waals surface area contributed by atoms with Crippen LogP contribution in [0.5, 0.6) is 0 Å². The Morgan fingerprint density at radius 1 is 1.09 bits per heavy atom. The quantitative estimate of drug-likeness (QED) is 0.543. The fourth-order valence-corrected chi connectivity index (χ4v) is 2.67. The molecular weight excluding hydrogens is 292 g/mol. The van der Waals surface area contributed by atoms with Crippen molar-refractivity contribution in [2.24, 2.45) is 0 Å². The van der Waals surface area contributed by atoms with Crippen molar-refractivity contribution in [3.8, 4) is 11.1 Å². The molecular formula is C19H16O4. The van der Waals surface area contributed by atoms with Gasteiger partial charge >= 0.3 is 11.6 Å².